The predicted octanol–water partition coefficient (Wildman–Crippen LogP) is 11.5. The highest BCUT2D eigenvalue weighted by Crippen LogP contribution is 2.38. The van der Waals surface area contributed by atoms with Gasteiger partial charge in [-0.25, -0.2) is 9.98 Å². The lowest BCUT2D eigenvalue weighted by Gasteiger charge is -2.24. The summed E-state index contributed by atoms with van der Waals surface area (Å²) in [6, 6.07) is 44.8. The smallest absolute Gasteiger partial charge is 0.159 e. The third-order valence-electron chi connectivity index (χ3n) is 9.24. The van der Waals surface area contributed by atoms with Gasteiger partial charge in [0.15, 0.2) is 5.84 Å². The number of rotatable bonds is 5. The highest BCUT2D eigenvalue weighted by atomic mass is 32.1. The Balaban J connectivity index is 1.15. The van der Waals surface area contributed by atoms with E-state index in [0.29, 0.717) is 0 Å². The molecule has 0 bridgehead atoms. The normalized spacial score (nSPS) is 15.0. The number of hydrogen-bond donors (Lipinski definition) is 1. The Bertz CT molecular complexity index is 2620. The Morgan fingerprint density at radius 3 is 2.35 bits per heavy atom. The summed E-state index contributed by atoms with van der Waals surface area (Å²) < 4.78 is 7.44. The molecule has 1 aliphatic rings. The van der Waals surface area contributed by atoms with Crippen LogP contribution in [-0.2, 0) is 0 Å². The summed E-state index contributed by atoms with van der Waals surface area (Å²) in [7, 11) is 0. The number of amidine groups is 2. The number of aliphatic imine (C=N–C) groups is 2. The van der Waals surface area contributed by atoms with Crippen molar-refractivity contribution in [2.24, 2.45) is 9.98 Å². The van der Waals surface area contributed by atoms with Gasteiger partial charge in [0.05, 0.1) is 0 Å². The molecule has 0 aliphatic carbocycles. The minimum absolute atomic E-state index is 0.262. The van der Waals surface area contributed by atoms with Crippen LogP contribution in [0.3, 0.4) is 0 Å². The van der Waals surface area contributed by atoms with E-state index in [1.165, 1.54) is 25.9 Å². The van der Waals surface area contributed by atoms with E-state index in [2.05, 4.69) is 134 Å². The molecule has 48 heavy (non-hydrogen) atoms. The van der Waals surface area contributed by atoms with Gasteiger partial charge in [0.2, 0.25) is 0 Å². The van der Waals surface area contributed by atoms with Gasteiger partial charge >= 0.3 is 0 Å². The molecule has 1 N–H and O–H groups in total. The highest BCUT2D eigenvalue weighted by molar-refractivity contribution is 7.20. The fraction of sp³-hybridized carbons (Fsp3) is 0.0698. The number of furan rings is 1. The molecule has 2 aromatic heterocycles. The number of nitrogens with one attached hydrogen (secondary N) is 1. The van der Waals surface area contributed by atoms with E-state index in [1.54, 1.807) is 0 Å². The maximum atomic E-state index is 6.20. The van der Waals surface area contributed by atoms with E-state index in [-0.39, 0.29) is 6.17 Å². The zero-order valence-corrected chi connectivity index (χ0v) is 27.4. The van der Waals surface area contributed by atoms with Gasteiger partial charge in [-0.1, -0.05) is 103 Å². The largest absolute Gasteiger partial charge is 0.456 e. The van der Waals surface area contributed by atoms with Crippen LogP contribution in [0.25, 0.3) is 60.0 Å². The predicted molar refractivity (Wildman–Crippen MR) is 203 cm³/mol. The van der Waals surface area contributed by atoms with Gasteiger partial charge in [-0.05, 0) is 88.7 Å². The maximum Gasteiger partial charge on any atom is 0.159 e. The van der Waals surface area contributed by atoms with E-state index in [0.717, 1.165) is 66.8 Å². The van der Waals surface area contributed by atoms with Crippen LogP contribution in [-0.4, -0.2) is 11.7 Å². The number of allylic oxidation sites excluding steroid dienone is 1. The molecule has 0 fully saturated rings. The topological polar surface area (TPSA) is 49.9 Å². The first kappa shape index (κ1) is 28.4. The van der Waals surface area contributed by atoms with E-state index in [4.69, 9.17) is 14.4 Å². The number of hydrogen-bond acceptors (Lipinski definition) is 5. The average Bonchev–Trinajstić information content (AvgIpc) is 3.68. The fourth-order valence-corrected chi connectivity index (χ4v) is 8.02. The Labute approximate surface area is 282 Å². The Morgan fingerprint density at radius 2 is 1.48 bits per heavy atom. The highest BCUT2D eigenvalue weighted by Gasteiger charge is 2.22. The zero-order valence-electron chi connectivity index (χ0n) is 26.6. The van der Waals surface area contributed by atoms with Crippen molar-refractivity contribution in [2.45, 2.75) is 20.0 Å². The maximum absolute atomic E-state index is 6.20. The summed E-state index contributed by atoms with van der Waals surface area (Å²) in [5.41, 5.74) is 8.55. The number of thiophene rings is 1. The third kappa shape index (κ3) is 4.83. The van der Waals surface area contributed by atoms with Crippen molar-refractivity contribution in [1.82, 2.24) is 5.32 Å². The molecular formula is C43H31N3OS. The molecule has 1 atom stereocenters. The van der Waals surface area contributed by atoms with Gasteiger partial charge in [0.1, 0.15) is 23.2 Å². The van der Waals surface area contributed by atoms with Crippen LogP contribution in [0.5, 0.6) is 0 Å². The van der Waals surface area contributed by atoms with Crippen LogP contribution in [0.15, 0.2) is 148 Å². The van der Waals surface area contributed by atoms with Crippen LogP contribution in [0, 0.1) is 6.92 Å². The molecule has 1 unspecified atom stereocenters. The molecule has 4 nitrogen and oxygen atoms in total. The SMILES string of the molecule is C/C=C\c1sc2cc(C3=NC(c4ccccc4)NC(c4ccc5ccc(-c6cccc7oc8ccccc8c67)cc5c4)=N3)ccc2c1C. The molecule has 0 radical (unpaired) electrons. The summed E-state index contributed by atoms with van der Waals surface area (Å²) >= 11 is 1.81. The summed E-state index contributed by atoms with van der Waals surface area (Å²) in [5, 5.41) is 9.52. The second kappa shape index (κ2) is 11.5. The molecule has 0 saturated heterocycles. The van der Waals surface area contributed by atoms with E-state index < -0.39 is 0 Å². The van der Waals surface area contributed by atoms with Crippen LogP contribution in [0.1, 0.15) is 40.2 Å². The molecule has 0 spiro atoms. The molecule has 1 aliphatic heterocycles. The van der Waals surface area contributed by atoms with Crippen molar-refractivity contribution in [3.8, 4) is 11.1 Å². The second-order valence-electron chi connectivity index (χ2n) is 12.2. The number of fused-ring (bicyclic) bond motifs is 5. The third-order valence-corrected chi connectivity index (χ3v) is 10.5. The number of benzene rings is 6. The monoisotopic (exact) mass is 637 g/mol. The first-order valence-corrected chi connectivity index (χ1v) is 17.0. The molecule has 230 valence electrons. The van der Waals surface area contributed by atoms with Gasteiger partial charge in [-0.2, -0.15) is 0 Å². The van der Waals surface area contributed by atoms with Gasteiger partial charge in [-0.15, -0.1) is 11.3 Å². The minimum Gasteiger partial charge on any atom is -0.456 e. The lowest BCUT2D eigenvalue weighted by molar-refractivity contribution is 0.669. The van der Waals surface area contributed by atoms with Crippen LogP contribution in [0.2, 0.25) is 0 Å². The van der Waals surface area contributed by atoms with E-state index >= 15 is 0 Å². The quantitative estimate of drug-likeness (QED) is 0.204. The van der Waals surface area contributed by atoms with Gasteiger partial charge in [0, 0.05) is 31.5 Å². The van der Waals surface area contributed by atoms with E-state index in [1.807, 2.05) is 35.6 Å². The Kier molecular flexibility index (Phi) is 6.80. The molecule has 3 heterocycles. The molecule has 8 aromatic rings. The number of nitrogens with zero attached hydrogens (tertiary/aromatic N) is 2. The summed E-state index contributed by atoms with van der Waals surface area (Å²) in [5.74, 6) is 1.53. The first-order chi connectivity index (χ1) is 23.6. The van der Waals surface area contributed by atoms with Gasteiger partial charge in [0.25, 0.3) is 0 Å². The second-order valence-corrected chi connectivity index (χ2v) is 13.3. The summed E-state index contributed by atoms with van der Waals surface area (Å²) in [4.78, 5) is 11.6. The van der Waals surface area contributed by atoms with Crippen molar-refractivity contribution in [3.05, 3.63) is 161 Å². The lowest BCUT2D eigenvalue weighted by Crippen LogP contribution is -2.33. The van der Waals surface area contributed by atoms with Crippen LogP contribution in [0.4, 0.5) is 0 Å². The molecule has 0 amide bonds. The van der Waals surface area contributed by atoms with E-state index in [9.17, 15) is 0 Å². The van der Waals surface area contributed by atoms with Crippen molar-refractivity contribution in [3.63, 3.8) is 0 Å². The van der Waals surface area contributed by atoms with Crippen molar-refractivity contribution >= 4 is 71.9 Å². The number of para-hydroxylation sites is 1. The number of aryl methyl sites for hydroxylation is 1. The molecule has 5 heteroatoms. The lowest BCUT2D eigenvalue weighted by atomic mass is 9.96. The average molecular weight is 638 g/mol. The Morgan fingerprint density at radius 1 is 0.708 bits per heavy atom. The van der Waals surface area contributed by atoms with Crippen molar-refractivity contribution in [1.29, 1.82) is 0 Å². The summed E-state index contributed by atoms with van der Waals surface area (Å²) in [6.45, 7) is 4.26. The standard InChI is InChI=1S/C43H31N3OS/c1-3-10-38-26(2)33-22-21-31(25-39(33)48-38)43-45-41(28-11-5-4-6-12-28)44-42(46-43)30-20-18-27-17-19-29(23-32(27)24-30)34-14-9-16-37-40(34)35-13-7-8-15-36(35)47-37/h3-25,41H,1-2H3,(H,44,45,46)/b10-3-. The van der Waals surface area contributed by atoms with Gasteiger partial charge in [-0.3, -0.25) is 0 Å². The van der Waals surface area contributed by atoms with Crippen LogP contribution >= 0.6 is 11.3 Å². The van der Waals surface area contributed by atoms with Crippen LogP contribution < -0.4 is 5.32 Å². The van der Waals surface area contributed by atoms with Gasteiger partial charge < -0.3 is 9.73 Å². The van der Waals surface area contributed by atoms with Crippen molar-refractivity contribution in [2.75, 3.05) is 0 Å². The first-order valence-electron chi connectivity index (χ1n) is 16.2. The Hall–Kier alpha value is -5.78. The minimum atomic E-state index is -0.262. The molecule has 9 rings (SSSR count). The fourth-order valence-electron chi connectivity index (χ4n) is 6.80. The molecule has 0 saturated carbocycles. The van der Waals surface area contributed by atoms with Crippen molar-refractivity contribution < 1.29 is 4.42 Å². The molecular weight excluding hydrogens is 607 g/mol. The zero-order chi connectivity index (χ0) is 32.2. The summed E-state index contributed by atoms with van der Waals surface area (Å²) in [6.07, 6.45) is 4.02. The molecule has 6 aromatic carbocycles.